The van der Waals surface area contributed by atoms with Crippen LogP contribution in [-0.2, 0) is 11.2 Å². The number of benzene rings is 2. The molecule has 0 aliphatic carbocycles. The summed E-state index contributed by atoms with van der Waals surface area (Å²) in [5.41, 5.74) is 1.30. The molecule has 0 radical (unpaired) electrons. The lowest BCUT2D eigenvalue weighted by Crippen LogP contribution is -2.47. The number of halogens is 2. The number of ether oxygens (including phenoxy) is 2. The van der Waals surface area contributed by atoms with E-state index in [-0.39, 0.29) is 29.4 Å². The summed E-state index contributed by atoms with van der Waals surface area (Å²) in [6.45, 7) is 3.55. The van der Waals surface area contributed by atoms with E-state index in [0.29, 0.717) is 19.6 Å². The van der Waals surface area contributed by atoms with E-state index in [1.807, 2.05) is 18.2 Å². The van der Waals surface area contributed by atoms with Crippen LogP contribution in [0.4, 0.5) is 4.39 Å². The van der Waals surface area contributed by atoms with Crippen LogP contribution in [0.15, 0.2) is 36.4 Å². The molecule has 2 saturated heterocycles. The number of amides is 1. The lowest BCUT2D eigenvalue weighted by Gasteiger charge is -2.38. The normalized spacial score (nSPS) is 20.8. The summed E-state index contributed by atoms with van der Waals surface area (Å²) < 4.78 is 26.1. The Balaban J connectivity index is 1.10. The Morgan fingerprint density at radius 1 is 1.17 bits per heavy atom. The standard InChI is InChI=1S/C27H30ClFN2O5/c28-20-2-5-23-19(14-20)16-27(36-23)7-11-30(12-8-27)9-1-13-35-24-15-21(29)3-4-22(24)25(32)31-10-6-18(17-31)26(33)34/h2-5,14-15,18H,1,6-13,16-17H2,(H,33,34)/t18-/m0/s1. The molecule has 2 aromatic carbocycles. The third-order valence-corrected chi connectivity index (χ3v) is 7.74. The summed E-state index contributed by atoms with van der Waals surface area (Å²) >= 11 is 6.14. The molecule has 1 atom stereocenters. The largest absolute Gasteiger partial charge is 0.493 e. The molecule has 3 aliphatic heterocycles. The molecule has 0 aromatic heterocycles. The van der Waals surface area contributed by atoms with Crippen LogP contribution < -0.4 is 9.47 Å². The molecule has 0 saturated carbocycles. The first-order chi connectivity index (χ1) is 17.3. The van der Waals surface area contributed by atoms with Crippen LogP contribution in [-0.4, -0.2) is 71.7 Å². The second-order valence-corrected chi connectivity index (χ2v) is 10.4. The fourth-order valence-electron chi connectivity index (χ4n) is 5.44. The Labute approximate surface area is 214 Å². The molecule has 5 rings (SSSR count). The molecule has 1 spiro atoms. The second-order valence-electron chi connectivity index (χ2n) is 9.97. The molecule has 7 nitrogen and oxygen atoms in total. The minimum Gasteiger partial charge on any atom is -0.493 e. The Hall–Kier alpha value is -2.84. The fraction of sp³-hybridized carbons (Fsp3) is 0.481. The van der Waals surface area contributed by atoms with Crippen molar-refractivity contribution >= 4 is 23.5 Å². The first-order valence-corrected chi connectivity index (χ1v) is 12.8. The van der Waals surface area contributed by atoms with Gasteiger partial charge in [-0.1, -0.05) is 11.6 Å². The predicted octanol–water partition coefficient (Wildman–Crippen LogP) is 4.26. The van der Waals surface area contributed by atoms with Gasteiger partial charge in [0.1, 0.15) is 22.9 Å². The molecule has 9 heteroatoms. The SMILES string of the molecule is O=C(O)[C@H]1CCN(C(=O)c2ccc(F)cc2OCCCN2CCC3(CC2)Cc2cc(Cl)ccc2O3)C1. The lowest BCUT2D eigenvalue weighted by molar-refractivity contribution is -0.141. The number of piperidine rings is 1. The summed E-state index contributed by atoms with van der Waals surface area (Å²) in [7, 11) is 0. The molecule has 192 valence electrons. The lowest BCUT2D eigenvalue weighted by atomic mass is 9.87. The van der Waals surface area contributed by atoms with Crippen LogP contribution in [0.2, 0.25) is 5.02 Å². The van der Waals surface area contributed by atoms with Gasteiger partial charge < -0.3 is 24.4 Å². The van der Waals surface area contributed by atoms with Crippen molar-refractivity contribution in [2.45, 2.75) is 37.7 Å². The predicted molar refractivity (Wildman–Crippen MR) is 132 cm³/mol. The summed E-state index contributed by atoms with van der Waals surface area (Å²) in [6, 6.07) is 9.68. The van der Waals surface area contributed by atoms with E-state index >= 15 is 0 Å². The van der Waals surface area contributed by atoms with Crippen molar-refractivity contribution in [1.29, 1.82) is 0 Å². The Kier molecular flexibility index (Phi) is 7.08. The number of rotatable bonds is 7. The van der Waals surface area contributed by atoms with E-state index in [4.69, 9.17) is 21.1 Å². The van der Waals surface area contributed by atoms with Crippen LogP contribution in [0.25, 0.3) is 0 Å². The van der Waals surface area contributed by atoms with Gasteiger partial charge in [-0.3, -0.25) is 9.59 Å². The van der Waals surface area contributed by atoms with Gasteiger partial charge in [-0.15, -0.1) is 0 Å². The van der Waals surface area contributed by atoms with Crippen molar-refractivity contribution < 1.29 is 28.6 Å². The molecule has 3 aliphatic rings. The molecule has 1 amide bonds. The second kappa shape index (κ2) is 10.3. The zero-order valence-corrected chi connectivity index (χ0v) is 20.8. The smallest absolute Gasteiger partial charge is 0.308 e. The fourth-order valence-corrected chi connectivity index (χ4v) is 5.64. The van der Waals surface area contributed by atoms with Gasteiger partial charge in [0.05, 0.1) is 18.1 Å². The number of carboxylic acid groups (broad SMARTS) is 1. The molecule has 0 bridgehead atoms. The zero-order chi connectivity index (χ0) is 25.3. The highest BCUT2D eigenvalue weighted by atomic mass is 35.5. The molecular formula is C27H30ClFN2O5. The van der Waals surface area contributed by atoms with Crippen LogP contribution in [0, 0.1) is 11.7 Å². The molecule has 3 heterocycles. The van der Waals surface area contributed by atoms with Gasteiger partial charge in [-0.05, 0) is 48.7 Å². The van der Waals surface area contributed by atoms with E-state index < -0.39 is 17.7 Å². The zero-order valence-electron chi connectivity index (χ0n) is 20.1. The molecule has 36 heavy (non-hydrogen) atoms. The number of hydrogen-bond acceptors (Lipinski definition) is 5. The average Bonchev–Trinajstić information content (AvgIpc) is 3.48. The molecular weight excluding hydrogens is 487 g/mol. The maximum Gasteiger partial charge on any atom is 0.308 e. The Morgan fingerprint density at radius 3 is 2.72 bits per heavy atom. The van der Waals surface area contributed by atoms with Crippen molar-refractivity contribution in [3.05, 3.63) is 58.4 Å². The maximum atomic E-state index is 13.9. The van der Waals surface area contributed by atoms with Crippen molar-refractivity contribution in [2.75, 3.05) is 39.3 Å². The monoisotopic (exact) mass is 516 g/mol. The molecule has 0 unspecified atom stereocenters. The van der Waals surface area contributed by atoms with Crippen LogP contribution in [0.1, 0.15) is 41.6 Å². The Morgan fingerprint density at radius 2 is 1.97 bits per heavy atom. The summed E-state index contributed by atoms with van der Waals surface area (Å²) in [5.74, 6) is -1.14. The van der Waals surface area contributed by atoms with Gasteiger partial charge in [0.15, 0.2) is 0 Å². The maximum absolute atomic E-state index is 13.9. The van der Waals surface area contributed by atoms with E-state index in [1.54, 1.807) is 0 Å². The summed E-state index contributed by atoms with van der Waals surface area (Å²) in [4.78, 5) is 28.1. The topological polar surface area (TPSA) is 79.3 Å². The summed E-state index contributed by atoms with van der Waals surface area (Å²) in [5, 5.41) is 9.94. The van der Waals surface area contributed by atoms with E-state index in [0.717, 1.165) is 56.1 Å². The molecule has 1 N–H and O–H groups in total. The van der Waals surface area contributed by atoms with Gasteiger partial charge in [-0.25, -0.2) is 4.39 Å². The van der Waals surface area contributed by atoms with E-state index in [9.17, 15) is 19.1 Å². The molecule has 2 fully saturated rings. The number of likely N-dealkylation sites (tertiary alicyclic amines) is 2. The number of fused-ring (bicyclic) bond motifs is 1. The average molecular weight is 517 g/mol. The minimum absolute atomic E-state index is 0.147. The highest BCUT2D eigenvalue weighted by Crippen LogP contribution is 2.42. The van der Waals surface area contributed by atoms with E-state index in [2.05, 4.69) is 4.90 Å². The van der Waals surface area contributed by atoms with Crippen LogP contribution >= 0.6 is 11.6 Å². The number of aliphatic carboxylic acids is 1. The van der Waals surface area contributed by atoms with Crippen molar-refractivity contribution in [2.24, 2.45) is 5.92 Å². The number of nitrogens with zero attached hydrogens (tertiary/aromatic N) is 2. The summed E-state index contributed by atoms with van der Waals surface area (Å²) in [6.07, 6.45) is 3.92. The van der Waals surface area contributed by atoms with Gasteiger partial charge in [0, 0.05) is 63.1 Å². The van der Waals surface area contributed by atoms with Crippen LogP contribution in [0.3, 0.4) is 0 Å². The van der Waals surface area contributed by atoms with Gasteiger partial charge in [0.2, 0.25) is 0 Å². The quantitative estimate of drug-likeness (QED) is 0.554. The van der Waals surface area contributed by atoms with Crippen molar-refractivity contribution in [1.82, 2.24) is 9.80 Å². The van der Waals surface area contributed by atoms with E-state index in [1.165, 1.54) is 28.7 Å². The Bertz CT molecular complexity index is 1150. The first-order valence-electron chi connectivity index (χ1n) is 12.5. The number of hydrogen-bond donors (Lipinski definition) is 1. The van der Waals surface area contributed by atoms with Crippen molar-refractivity contribution in [3.63, 3.8) is 0 Å². The number of carbonyl (C=O) groups excluding carboxylic acids is 1. The highest BCUT2D eigenvalue weighted by molar-refractivity contribution is 6.30. The minimum atomic E-state index is -0.905. The molecule has 2 aromatic rings. The highest BCUT2D eigenvalue weighted by Gasteiger charge is 2.42. The third kappa shape index (κ3) is 5.30. The number of carboxylic acids is 1. The van der Waals surface area contributed by atoms with Gasteiger partial charge in [-0.2, -0.15) is 0 Å². The third-order valence-electron chi connectivity index (χ3n) is 7.50. The van der Waals surface area contributed by atoms with Gasteiger partial charge >= 0.3 is 5.97 Å². The number of carbonyl (C=O) groups is 2. The van der Waals surface area contributed by atoms with Crippen molar-refractivity contribution in [3.8, 4) is 11.5 Å². The first kappa shape index (κ1) is 24.8. The van der Waals surface area contributed by atoms with Gasteiger partial charge in [0.25, 0.3) is 5.91 Å². The van der Waals surface area contributed by atoms with Crippen LogP contribution in [0.5, 0.6) is 11.5 Å².